The first-order valence-electron chi connectivity index (χ1n) is 7.70. The molecule has 3 rings (SSSR count). The normalized spacial score (nSPS) is 17.3. The van der Waals surface area contributed by atoms with Gasteiger partial charge in [-0.15, -0.1) is 0 Å². The highest BCUT2D eigenvalue weighted by atomic mass is 16.2. The van der Waals surface area contributed by atoms with Crippen LogP contribution in [0.1, 0.15) is 47.2 Å². The number of amides is 1. The number of aliphatic hydroxyl groups excluding tert-OH is 1. The van der Waals surface area contributed by atoms with E-state index in [2.05, 4.69) is 17.2 Å². The first-order chi connectivity index (χ1) is 10.2. The van der Waals surface area contributed by atoms with Crippen LogP contribution in [-0.4, -0.2) is 23.7 Å². The number of carbonyl (C=O) groups is 1. The molecule has 0 aliphatic heterocycles. The van der Waals surface area contributed by atoms with Gasteiger partial charge < -0.3 is 10.4 Å². The molecule has 3 nitrogen and oxygen atoms in total. The zero-order valence-corrected chi connectivity index (χ0v) is 12.4. The summed E-state index contributed by atoms with van der Waals surface area (Å²) in [4.78, 5) is 12.6. The van der Waals surface area contributed by atoms with E-state index in [1.165, 1.54) is 25.7 Å². The Morgan fingerprint density at radius 2 is 2.00 bits per heavy atom. The predicted octanol–water partition coefficient (Wildman–Crippen LogP) is 2.26. The highest BCUT2D eigenvalue weighted by molar-refractivity contribution is 5.96. The average Bonchev–Trinajstić information content (AvgIpc) is 3.37. The van der Waals surface area contributed by atoms with Crippen LogP contribution in [0.15, 0.2) is 18.2 Å². The number of aliphatic hydroxyl groups is 1. The molecule has 1 aromatic rings. The third-order valence-electron chi connectivity index (χ3n) is 4.35. The van der Waals surface area contributed by atoms with E-state index in [1.54, 1.807) is 0 Å². The van der Waals surface area contributed by atoms with Crippen molar-refractivity contribution in [3.8, 4) is 11.8 Å². The highest BCUT2D eigenvalue weighted by Crippen LogP contribution is 2.44. The molecule has 0 atom stereocenters. The lowest BCUT2D eigenvalue weighted by molar-refractivity contribution is 0.0925. The van der Waals surface area contributed by atoms with Gasteiger partial charge in [-0.25, -0.2) is 0 Å². The van der Waals surface area contributed by atoms with Gasteiger partial charge in [0.05, 0.1) is 0 Å². The van der Waals surface area contributed by atoms with Crippen molar-refractivity contribution < 1.29 is 9.90 Å². The average molecular weight is 283 g/mol. The zero-order chi connectivity index (χ0) is 14.8. The molecule has 1 amide bonds. The minimum absolute atomic E-state index is 0.0175. The van der Waals surface area contributed by atoms with E-state index in [1.807, 2.05) is 25.1 Å². The van der Waals surface area contributed by atoms with E-state index in [9.17, 15) is 4.79 Å². The number of hydrogen-bond acceptors (Lipinski definition) is 2. The Morgan fingerprint density at radius 3 is 2.57 bits per heavy atom. The molecule has 2 fully saturated rings. The Morgan fingerprint density at radius 1 is 1.33 bits per heavy atom. The molecule has 2 saturated carbocycles. The third-order valence-corrected chi connectivity index (χ3v) is 4.35. The number of hydrogen-bond donors (Lipinski definition) is 2. The fourth-order valence-corrected chi connectivity index (χ4v) is 2.85. The van der Waals surface area contributed by atoms with E-state index in [0.29, 0.717) is 23.4 Å². The minimum atomic E-state index is -0.166. The van der Waals surface area contributed by atoms with Crippen LogP contribution in [0.4, 0.5) is 0 Å². The Hall–Kier alpha value is -1.79. The van der Waals surface area contributed by atoms with Gasteiger partial charge in [0.25, 0.3) is 5.91 Å². The van der Waals surface area contributed by atoms with E-state index in [-0.39, 0.29) is 12.5 Å². The zero-order valence-electron chi connectivity index (χ0n) is 12.4. The molecule has 2 aliphatic carbocycles. The second kappa shape index (κ2) is 5.91. The summed E-state index contributed by atoms with van der Waals surface area (Å²) in [5.41, 5.74) is 2.44. The molecule has 0 aromatic heterocycles. The summed E-state index contributed by atoms with van der Waals surface area (Å²) in [7, 11) is 0. The molecule has 2 N–H and O–H groups in total. The molecule has 3 heteroatoms. The van der Waals surface area contributed by atoms with Crippen LogP contribution in [0, 0.1) is 30.6 Å². The Balaban J connectivity index is 1.76. The number of carbonyl (C=O) groups excluding carboxylic acids is 1. The lowest BCUT2D eigenvalue weighted by Gasteiger charge is -2.18. The maximum absolute atomic E-state index is 12.6. The van der Waals surface area contributed by atoms with Crippen LogP contribution in [0.3, 0.4) is 0 Å². The molecular formula is C18H21NO2. The van der Waals surface area contributed by atoms with Gasteiger partial charge in [-0.05, 0) is 62.1 Å². The maximum Gasteiger partial charge on any atom is 0.251 e. The maximum atomic E-state index is 12.6. The van der Waals surface area contributed by atoms with E-state index < -0.39 is 0 Å². The molecule has 1 aromatic carbocycles. The summed E-state index contributed by atoms with van der Waals surface area (Å²) in [6.45, 7) is 1.78. The van der Waals surface area contributed by atoms with Gasteiger partial charge >= 0.3 is 0 Å². The summed E-state index contributed by atoms with van der Waals surface area (Å²) < 4.78 is 0. The van der Waals surface area contributed by atoms with E-state index >= 15 is 0 Å². The molecule has 21 heavy (non-hydrogen) atoms. The Kier molecular flexibility index (Phi) is 3.98. The van der Waals surface area contributed by atoms with Crippen molar-refractivity contribution in [2.75, 3.05) is 6.61 Å². The van der Waals surface area contributed by atoms with Crippen LogP contribution >= 0.6 is 0 Å². The fourth-order valence-electron chi connectivity index (χ4n) is 2.85. The van der Waals surface area contributed by atoms with Gasteiger partial charge in [-0.3, -0.25) is 4.79 Å². The third kappa shape index (κ3) is 3.46. The van der Waals surface area contributed by atoms with Crippen LogP contribution in [0.25, 0.3) is 0 Å². The van der Waals surface area contributed by atoms with Gasteiger partial charge in [-0.2, -0.15) is 0 Å². The van der Waals surface area contributed by atoms with Crippen molar-refractivity contribution in [1.29, 1.82) is 0 Å². The Labute approximate surface area is 125 Å². The number of rotatable bonds is 4. The quantitative estimate of drug-likeness (QED) is 0.833. The molecule has 0 heterocycles. The summed E-state index contributed by atoms with van der Waals surface area (Å²) in [5.74, 6) is 6.89. The topological polar surface area (TPSA) is 49.3 Å². The van der Waals surface area contributed by atoms with Crippen molar-refractivity contribution in [3.05, 3.63) is 34.9 Å². The van der Waals surface area contributed by atoms with Crippen molar-refractivity contribution in [2.45, 2.75) is 38.6 Å². The largest absolute Gasteiger partial charge is 0.384 e. The molecule has 0 spiro atoms. The molecule has 2 aliphatic rings. The van der Waals surface area contributed by atoms with Crippen LogP contribution in [-0.2, 0) is 0 Å². The van der Waals surface area contributed by atoms with Crippen molar-refractivity contribution in [1.82, 2.24) is 5.32 Å². The first kappa shape index (κ1) is 14.2. The molecule has 110 valence electrons. The van der Waals surface area contributed by atoms with Gasteiger partial charge in [0.2, 0.25) is 0 Å². The number of aryl methyl sites for hydroxylation is 1. The fraction of sp³-hybridized carbons (Fsp3) is 0.500. The van der Waals surface area contributed by atoms with E-state index in [0.717, 1.165) is 11.1 Å². The second-order valence-corrected chi connectivity index (χ2v) is 6.16. The lowest BCUT2D eigenvalue weighted by Crippen LogP contribution is -2.38. The van der Waals surface area contributed by atoms with Crippen LogP contribution in [0.5, 0.6) is 0 Å². The summed E-state index contributed by atoms with van der Waals surface area (Å²) in [6.07, 6.45) is 5.01. The number of benzene rings is 1. The molecule has 0 unspecified atom stereocenters. The van der Waals surface area contributed by atoms with Crippen LogP contribution in [0.2, 0.25) is 0 Å². The summed E-state index contributed by atoms with van der Waals surface area (Å²) in [6, 6.07) is 5.99. The van der Waals surface area contributed by atoms with Crippen molar-refractivity contribution >= 4 is 5.91 Å². The SMILES string of the molecule is Cc1ccc(C#CCO)cc1C(=O)NC(C1CC1)C1CC1. The van der Waals surface area contributed by atoms with Crippen LogP contribution < -0.4 is 5.32 Å². The molecular weight excluding hydrogens is 262 g/mol. The van der Waals surface area contributed by atoms with Gasteiger partial charge in [0.1, 0.15) is 6.61 Å². The standard InChI is InChI=1S/C18H21NO2/c1-12-4-5-13(3-2-10-20)11-16(12)18(21)19-17(14-6-7-14)15-8-9-15/h4-5,11,14-15,17,20H,6-10H2,1H3,(H,19,21). The highest BCUT2D eigenvalue weighted by Gasteiger charge is 2.42. The summed E-state index contributed by atoms with van der Waals surface area (Å²) >= 11 is 0. The molecule has 0 bridgehead atoms. The summed E-state index contributed by atoms with van der Waals surface area (Å²) in [5, 5.41) is 12.0. The molecule has 0 saturated heterocycles. The molecule has 0 radical (unpaired) electrons. The lowest BCUT2D eigenvalue weighted by atomic mass is 10.0. The minimum Gasteiger partial charge on any atom is -0.384 e. The second-order valence-electron chi connectivity index (χ2n) is 6.16. The van der Waals surface area contributed by atoms with Crippen molar-refractivity contribution in [3.63, 3.8) is 0 Å². The Bertz CT molecular complexity index is 591. The van der Waals surface area contributed by atoms with Gasteiger partial charge in [0, 0.05) is 17.2 Å². The van der Waals surface area contributed by atoms with Gasteiger partial charge in [0.15, 0.2) is 0 Å². The smallest absolute Gasteiger partial charge is 0.251 e. The van der Waals surface area contributed by atoms with Crippen molar-refractivity contribution in [2.24, 2.45) is 11.8 Å². The first-order valence-corrected chi connectivity index (χ1v) is 7.70. The van der Waals surface area contributed by atoms with Gasteiger partial charge in [-0.1, -0.05) is 17.9 Å². The predicted molar refractivity (Wildman–Crippen MR) is 81.8 cm³/mol. The number of nitrogens with one attached hydrogen (secondary N) is 1. The van der Waals surface area contributed by atoms with E-state index in [4.69, 9.17) is 5.11 Å². The monoisotopic (exact) mass is 283 g/mol.